The van der Waals surface area contributed by atoms with Crippen LogP contribution in [0.1, 0.15) is 30.7 Å². The van der Waals surface area contributed by atoms with Gasteiger partial charge in [-0.1, -0.05) is 12.8 Å². The van der Waals surface area contributed by atoms with E-state index in [-0.39, 0.29) is 6.61 Å². The average Bonchev–Trinajstić information content (AvgIpc) is 3.00. The topological polar surface area (TPSA) is 84.1 Å². The lowest BCUT2D eigenvalue weighted by Gasteiger charge is -2.05. The first kappa shape index (κ1) is 15.2. The molecule has 0 bridgehead atoms. The lowest BCUT2D eigenvalue weighted by molar-refractivity contribution is 0.283. The van der Waals surface area contributed by atoms with Crippen molar-refractivity contribution >= 4 is 33.7 Å². The SMILES string of the molecule is Cc1nc(-c2c(N)nsc2NCCCCCCO)cs1. The fraction of sp³-hybridized carbons (Fsp3) is 0.538. The second kappa shape index (κ2) is 7.56. The van der Waals surface area contributed by atoms with Crippen LogP contribution in [0.2, 0.25) is 0 Å². The minimum absolute atomic E-state index is 0.284. The highest BCUT2D eigenvalue weighted by Crippen LogP contribution is 2.36. The molecule has 0 radical (unpaired) electrons. The summed E-state index contributed by atoms with van der Waals surface area (Å²) in [6, 6.07) is 0. The number of aryl methyl sites for hydroxylation is 1. The number of nitrogen functional groups attached to an aromatic ring is 1. The van der Waals surface area contributed by atoms with Gasteiger partial charge in [-0.2, -0.15) is 4.37 Å². The van der Waals surface area contributed by atoms with Crippen molar-refractivity contribution in [1.82, 2.24) is 9.36 Å². The molecule has 0 spiro atoms. The number of hydrogen-bond donors (Lipinski definition) is 3. The lowest BCUT2D eigenvalue weighted by atomic mass is 10.2. The van der Waals surface area contributed by atoms with E-state index in [9.17, 15) is 0 Å². The Morgan fingerprint density at radius 1 is 1.30 bits per heavy atom. The average molecular weight is 312 g/mol. The van der Waals surface area contributed by atoms with Gasteiger partial charge in [0.1, 0.15) is 10.8 Å². The van der Waals surface area contributed by atoms with Crippen molar-refractivity contribution < 1.29 is 5.11 Å². The van der Waals surface area contributed by atoms with Crippen LogP contribution in [0.3, 0.4) is 0 Å². The number of nitrogens with zero attached hydrogens (tertiary/aromatic N) is 2. The van der Waals surface area contributed by atoms with E-state index in [1.165, 1.54) is 11.5 Å². The summed E-state index contributed by atoms with van der Waals surface area (Å²) in [6.07, 6.45) is 4.15. The Morgan fingerprint density at radius 3 is 2.80 bits per heavy atom. The molecule has 2 aromatic rings. The lowest BCUT2D eigenvalue weighted by Crippen LogP contribution is -2.01. The van der Waals surface area contributed by atoms with E-state index in [1.807, 2.05) is 12.3 Å². The maximum atomic E-state index is 8.73. The molecular formula is C13H20N4OS2. The van der Waals surface area contributed by atoms with E-state index in [1.54, 1.807) is 11.3 Å². The van der Waals surface area contributed by atoms with Crippen molar-refractivity contribution in [3.63, 3.8) is 0 Å². The van der Waals surface area contributed by atoms with E-state index in [4.69, 9.17) is 10.8 Å². The first-order chi connectivity index (χ1) is 9.72. The standard InChI is InChI=1S/C13H20N4OS2/c1-9-16-10(8-19-9)11-12(14)17-20-13(11)15-6-4-2-3-5-7-18/h8,15,18H,2-7H2,1H3,(H2,14,17). The molecule has 0 aliphatic heterocycles. The third-order valence-corrected chi connectivity index (χ3v) is 4.56. The first-order valence-corrected chi connectivity index (χ1v) is 8.40. The van der Waals surface area contributed by atoms with Crippen LogP contribution in [0, 0.1) is 6.92 Å². The number of aromatic nitrogens is 2. The van der Waals surface area contributed by atoms with Crippen molar-refractivity contribution in [2.24, 2.45) is 0 Å². The van der Waals surface area contributed by atoms with E-state index in [2.05, 4.69) is 14.7 Å². The first-order valence-electron chi connectivity index (χ1n) is 6.74. The van der Waals surface area contributed by atoms with Crippen LogP contribution in [0.5, 0.6) is 0 Å². The van der Waals surface area contributed by atoms with Gasteiger partial charge in [0.05, 0.1) is 16.3 Å². The van der Waals surface area contributed by atoms with Gasteiger partial charge in [-0.05, 0) is 31.3 Å². The highest BCUT2D eigenvalue weighted by Gasteiger charge is 2.15. The van der Waals surface area contributed by atoms with Crippen LogP contribution in [-0.2, 0) is 0 Å². The zero-order chi connectivity index (χ0) is 14.4. The number of rotatable bonds is 8. The molecule has 110 valence electrons. The third kappa shape index (κ3) is 3.91. The summed E-state index contributed by atoms with van der Waals surface area (Å²) >= 11 is 3.00. The summed E-state index contributed by atoms with van der Waals surface area (Å²) in [5.41, 5.74) is 7.78. The smallest absolute Gasteiger partial charge is 0.148 e. The zero-order valence-electron chi connectivity index (χ0n) is 11.6. The van der Waals surface area contributed by atoms with E-state index >= 15 is 0 Å². The van der Waals surface area contributed by atoms with Crippen molar-refractivity contribution in [2.75, 3.05) is 24.2 Å². The van der Waals surface area contributed by atoms with Gasteiger partial charge in [0, 0.05) is 18.5 Å². The molecule has 0 aromatic carbocycles. The molecule has 0 saturated heterocycles. The van der Waals surface area contributed by atoms with E-state index < -0.39 is 0 Å². The predicted molar refractivity (Wildman–Crippen MR) is 86.4 cm³/mol. The molecule has 4 N–H and O–H groups in total. The number of aliphatic hydroxyl groups is 1. The van der Waals surface area contributed by atoms with Crippen molar-refractivity contribution in [3.05, 3.63) is 10.4 Å². The fourth-order valence-electron chi connectivity index (χ4n) is 1.94. The molecule has 0 aliphatic rings. The zero-order valence-corrected chi connectivity index (χ0v) is 13.2. The molecule has 2 rings (SSSR count). The molecule has 7 heteroatoms. The van der Waals surface area contributed by atoms with Gasteiger partial charge < -0.3 is 16.2 Å². The molecule has 0 atom stereocenters. The van der Waals surface area contributed by atoms with Gasteiger partial charge in [0.2, 0.25) is 0 Å². The third-order valence-electron chi connectivity index (χ3n) is 2.96. The predicted octanol–water partition coefficient (Wildman–Crippen LogP) is 3.12. The number of hydrogen-bond acceptors (Lipinski definition) is 7. The summed E-state index contributed by atoms with van der Waals surface area (Å²) in [7, 11) is 0. The van der Waals surface area contributed by atoms with Gasteiger partial charge in [-0.3, -0.25) is 0 Å². The summed E-state index contributed by atoms with van der Waals surface area (Å²) in [5.74, 6) is 0.545. The fourth-order valence-corrected chi connectivity index (χ4v) is 3.29. The molecule has 5 nitrogen and oxygen atoms in total. The minimum Gasteiger partial charge on any atom is -0.396 e. The number of nitrogens with two attached hydrogens (primary N) is 1. The maximum Gasteiger partial charge on any atom is 0.148 e. The van der Waals surface area contributed by atoms with Gasteiger partial charge >= 0.3 is 0 Å². The Kier molecular flexibility index (Phi) is 5.75. The minimum atomic E-state index is 0.284. The summed E-state index contributed by atoms with van der Waals surface area (Å²) in [4.78, 5) is 4.48. The Morgan fingerprint density at radius 2 is 2.10 bits per heavy atom. The second-order valence-electron chi connectivity index (χ2n) is 4.59. The van der Waals surface area contributed by atoms with Crippen molar-refractivity contribution in [2.45, 2.75) is 32.6 Å². The van der Waals surface area contributed by atoms with Crippen molar-refractivity contribution in [1.29, 1.82) is 0 Å². The molecular weight excluding hydrogens is 292 g/mol. The number of aliphatic hydroxyl groups excluding tert-OH is 1. The Bertz CT molecular complexity index is 538. The molecule has 0 fully saturated rings. The molecule has 0 amide bonds. The van der Waals surface area contributed by atoms with Gasteiger partial charge in [0.15, 0.2) is 0 Å². The number of nitrogens with one attached hydrogen (secondary N) is 1. The number of unbranched alkanes of at least 4 members (excludes halogenated alkanes) is 3. The molecule has 2 heterocycles. The number of anilines is 2. The van der Waals surface area contributed by atoms with Gasteiger partial charge in [-0.15, -0.1) is 11.3 Å². The van der Waals surface area contributed by atoms with Gasteiger partial charge in [-0.25, -0.2) is 4.98 Å². The summed E-state index contributed by atoms with van der Waals surface area (Å²) < 4.78 is 4.22. The summed E-state index contributed by atoms with van der Waals surface area (Å²) in [5, 5.41) is 16.2. The van der Waals surface area contributed by atoms with Crippen molar-refractivity contribution in [3.8, 4) is 11.3 Å². The van der Waals surface area contributed by atoms with Crippen LogP contribution in [-0.4, -0.2) is 27.6 Å². The summed E-state index contributed by atoms with van der Waals surface area (Å²) in [6.45, 7) is 3.16. The highest BCUT2D eigenvalue weighted by atomic mass is 32.1. The van der Waals surface area contributed by atoms with E-state index in [0.717, 1.165) is 53.5 Å². The molecule has 0 saturated carbocycles. The van der Waals surface area contributed by atoms with Gasteiger partial charge in [0.25, 0.3) is 0 Å². The van der Waals surface area contributed by atoms with Crippen LogP contribution in [0.15, 0.2) is 5.38 Å². The highest BCUT2D eigenvalue weighted by molar-refractivity contribution is 7.11. The van der Waals surface area contributed by atoms with E-state index in [0.29, 0.717) is 5.82 Å². The molecule has 20 heavy (non-hydrogen) atoms. The molecule has 0 unspecified atom stereocenters. The Balaban J connectivity index is 1.92. The maximum absolute atomic E-state index is 8.73. The quantitative estimate of drug-likeness (QED) is 0.652. The van der Waals surface area contributed by atoms with Crippen LogP contribution in [0.25, 0.3) is 11.3 Å². The Hall–Kier alpha value is -1.18. The monoisotopic (exact) mass is 312 g/mol. The largest absolute Gasteiger partial charge is 0.396 e. The Labute approximate surface area is 127 Å². The number of thiazole rings is 1. The van der Waals surface area contributed by atoms with Crippen LogP contribution >= 0.6 is 22.9 Å². The van der Waals surface area contributed by atoms with Crippen LogP contribution in [0.4, 0.5) is 10.8 Å². The normalized spacial score (nSPS) is 10.9. The second-order valence-corrected chi connectivity index (χ2v) is 6.42. The molecule has 2 aromatic heterocycles. The van der Waals surface area contributed by atoms with Crippen LogP contribution < -0.4 is 11.1 Å². The molecule has 0 aliphatic carbocycles.